The van der Waals surface area contributed by atoms with Crippen LogP contribution in [-0.4, -0.2) is 56.3 Å². The maximum absolute atomic E-state index is 14.1. The van der Waals surface area contributed by atoms with E-state index in [9.17, 15) is 26.8 Å². The molecule has 11 heteroatoms. The molecule has 0 aliphatic carbocycles. The number of halogens is 2. The number of carbonyl (C=O) groups excluding carboxylic acids is 2. The third-order valence-corrected chi connectivity index (χ3v) is 8.75. The molecule has 4 rings (SSSR count). The van der Waals surface area contributed by atoms with Crippen molar-refractivity contribution < 1.29 is 26.8 Å². The normalized spacial score (nSPS) is 14.1. The predicted octanol–water partition coefficient (Wildman–Crippen LogP) is 4.45. The van der Waals surface area contributed by atoms with Gasteiger partial charge in [0.1, 0.15) is 11.6 Å². The standard InChI is InChI=1S/C29H32F2N4O4S/c1-5-35(6-2)12-11-32-29(37)27-17(3)26(33-18(27)4)15-23-22-14-21(8-10-25(22)34-28(23)36)40(38,39)16-19-13-20(30)7-9-24(19)31/h7-10,13-15,33H,5-6,11-12,16H2,1-4H3,(H,32,37)(H,34,36)/b23-15-. The summed E-state index contributed by atoms with van der Waals surface area (Å²) < 4.78 is 53.9. The highest BCUT2D eigenvalue weighted by molar-refractivity contribution is 7.90. The smallest absolute Gasteiger partial charge is 0.256 e. The molecule has 2 amide bonds. The third kappa shape index (κ3) is 6.00. The summed E-state index contributed by atoms with van der Waals surface area (Å²) >= 11 is 0. The van der Waals surface area contributed by atoms with Crippen LogP contribution in [-0.2, 0) is 20.4 Å². The van der Waals surface area contributed by atoms with Crippen molar-refractivity contribution in [2.75, 3.05) is 31.5 Å². The monoisotopic (exact) mass is 570 g/mol. The van der Waals surface area contributed by atoms with Gasteiger partial charge in [-0.1, -0.05) is 13.8 Å². The molecule has 3 aromatic rings. The van der Waals surface area contributed by atoms with Crippen LogP contribution in [0.5, 0.6) is 0 Å². The Labute approximate surface area is 232 Å². The Morgan fingerprint density at radius 3 is 2.50 bits per heavy atom. The van der Waals surface area contributed by atoms with Gasteiger partial charge >= 0.3 is 0 Å². The quantitative estimate of drug-likeness (QED) is 0.312. The SMILES string of the molecule is CCN(CC)CCNC(=O)c1c(C)[nH]c(/C=C2\C(=O)Nc3ccc(S(=O)(=O)Cc4cc(F)ccc4F)cc32)c1C. The number of sulfone groups is 1. The zero-order chi connectivity index (χ0) is 29.2. The van der Waals surface area contributed by atoms with Gasteiger partial charge in [0, 0.05) is 41.3 Å². The average molecular weight is 571 g/mol. The van der Waals surface area contributed by atoms with E-state index in [2.05, 4.69) is 34.4 Å². The lowest BCUT2D eigenvalue weighted by molar-refractivity contribution is -0.110. The van der Waals surface area contributed by atoms with E-state index >= 15 is 0 Å². The van der Waals surface area contributed by atoms with E-state index in [-0.39, 0.29) is 21.9 Å². The zero-order valence-corrected chi connectivity index (χ0v) is 23.6. The minimum Gasteiger partial charge on any atom is -0.358 e. The van der Waals surface area contributed by atoms with Crippen LogP contribution in [0.15, 0.2) is 41.3 Å². The third-order valence-electron chi connectivity index (χ3n) is 7.09. The molecule has 0 unspecified atom stereocenters. The first-order chi connectivity index (χ1) is 18.9. The first kappa shape index (κ1) is 29.2. The molecule has 1 aromatic heterocycles. The lowest BCUT2D eigenvalue weighted by Crippen LogP contribution is -2.35. The number of rotatable bonds is 10. The fourth-order valence-corrected chi connectivity index (χ4v) is 6.18. The molecule has 0 saturated carbocycles. The Morgan fingerprint density at radius 2 is 1.80 bits per heavy atom. The summed E-state index contributed by atoms with van der Waals surface area (Å²) in [5.74, 6) is -2.96. The van der Waals surface area contributed by atoms with Gasteiger partial charge in [0.05, 0.1) is 21.8 Å². The number of fused-ring (bicyclic) bond motifs is 1. The van der Waals surface area contributed by atoms with Gasteiger partial charge in [0.2, 0.25) is 0 Å². The summed E-state index contributed by atoms with van der Waals surface area (Å²) in [6.45, 7) is 10.7. The fourth-order valence-electron chi connectivity index (χ4n) is 4.81. The summed E-state index contributed by atoms with van der Waals surface area (Å²) in [5.41, 5.74) is 3.00. The number of H-pyrrole nitrogens is 1. The van der Waals surface area contributed by atoms with Gasteiger partial charge in [-0.15, -0.1) is 0 Å². The van der Waals surface area contributed by atoms with Crippen molar-refractivity contribution >= 4 is 39.0 Å². The molecule has 0 atom stereocenters. The van der Waals surface area contributed by atoms with Crippen LogP contribution in [0.3, 0.4) is 0 Å². The van der Waals surface area contributed by atoms with E-state index in [0.717, 1.165) is 37.8 Å². The molecule has 0 saturated heterocycles. The number of aromatic amines is 1. The highest BCUT2D eigenvalue weighted by Gasteiger charge is 2.28. The predicted molar refractivity (Wildman–Crippen MR) is 151 cm³/mol. The van der Waals surface area contributed by atoms with Gasteiger partial charge in [0.15, 0.2) is 9.84 Å². The number of likely N-dealkylation sites (N-methyl/N-ethyl adjacent to an activating group) is 1. The minimum absolute atomic E-state index is 0.134. The Bertz CT molecular complexity index is 1610. The van der Waals surface area contributed by atoms with E-state index in [1.807, 2.05) is 0 Å². The number of aryl methyl sites for hydroxylation is 1. The van der Waals surface area contributed by atoms with Crippen LogP contribution in [0.1, 0.15) is 52.3 Å². The number of nitrogens with one attached hydrogen (secondary N) is 3. The Morgan fingerprint density at radius 1 is 1.07 bits per heavy atom. The summed E-state index contributed by atoms with van der Waals surface area (Å²) in [6, 6.07) is 6.78. The highest BCUT2D eigenvalue weighted by atomic mass is 32.2. The first-order valence-corrected chi connectivity index (χ1v) is 14.6. The average Bonchev–Trinajstić information content (AvgIpc) is 3.37. The molecule has 0 fully saturated rings. The van der Waals surface area contributed by atoms with Gasteiger partial charge in [-0.25, -0.2) is 17.2 Å². The molecule has 0 spiro atoms. The van der Waals surface area contributed by atoms with E-state index in [1.165, 1.54) is 18.2 Å². The number of carbonyl (C=O) groups is 2. The highest BCUT2D eigenvalue weighted by Crippen LogP contribution is 2.36. The van der Waals surface area contributed by atoms with Crippen LogP contribution in [0.25, 0.3) is 11.6 Å². The summed E-state index contributed by atoms with van der Waals surface area (Å²) in [5, 5.41) is 5.66. The lowest BCUT2D eigenvalue weighted by Gasteiger charge is -2.18. The van der Waals surface area contributed by atoms with Gasteiger partial charge < -0.3 is 20.5 Å². The molecule has 3 N–H and O–H groups in total. The molecule has 8 nitrogen and oxygen atoms in total. The van der Waals surface area contributed by atoms with Gasteiger partial charge in [-0.3, -0.25) is 9.59 Å². The maximum Gasteiger partial charge on any atom is 0.256 e. The van der Waals surface area contributed by atoms with Crippen molar-refractivity contribution in [1.82, 2.24) is 15.2 Å². The first-order valence-electron chi connectivity index (χ1n) is 13.0. The Balaban J connectivity index is 1.62. The Kier molecular flexibility index (Phi) is 8.55. The number of nitrogens with zero attached hydrogens (tertiary/aromatic N) is 1. The molecule has 0 radical (unpaired) electrons. The van der Waals surface area contributed by atoms with Crippen LogP contribution in [0, 0.1) is 25.5 Å². The van der Waals surface area contributed by atoms with Crippen molar-refractivity contribution in [1.29, 1.82) is 0 Å². The molecule has 0 bridgehead atoms. The molecule has 212 valence electrons. The largest absolute Gasteiger partial charge is 0.358 e. The van der Waals surface area contributed by atoms with E-state index in [4.69, 9.17) is 0 Å². The second kappa shape index (κ2) is 11.7. The summed E-state index contributed by atoms with van der Waals surface area (Å²) in [7, 11) is -4.07. The minimum atomic E-state index is -4.07. The number of hydrogen-bond acceptors (Lipinski definition) is 5. The molecule has 2 aromatic carbocycles. The topological polar surface area (TPSA) is 111 Å². The number of hydrogen-bond donors (Lipinski definition) is 3. The second-order valence-electron chi connectivity index (χ2n) is 9.66. The van der Waals surface area contributed by atoms with Gasteiger partial charge in [0.25, 0.3) is 11.8 Å². The molecule has 2 heterocycles. The van der Waals surface area contributed by atoms with Crippen LogP contribution in [0.2, 0.25) is 0 Å². The number of aromatic nitrogens is 1. The van der Waals surface area contributed by atoms with Crippen molar-refractivity contribution in [3.63, 3.8) is 0 Å². The summed E-state index contributed by atoms with van der Waals surface area (Å²) in [6.07, 6.45) is 1.58. The van der Waals surface area contributed by atoms with Crippen molar-refractivity contribution in [3.8, 4) is 0 Å². The van der Waals surface area contributed by atoms with Crippen molar-refractivity contribution in [2.45, 2.75) is 38.3 Å². The molecular formula is C29H32F2N4O4S. The van der Waals surface area contributed by atoms with Crippen molar-refractivity contribution in [3.05, 3.63) is 81.7 Å². The number of amides is 2. The van der Waals surface area contributed by atoms with E-state index in [0.29, 0.717) is 40.3 Å². The van der Waals surface area contributed by atoms with Crippen LogP contribution < -0.4 is 10.6 Å². The molecule has 1 aliphatic heterocycles. The van der Waals surface area contributed by atoms with Gasteiger partial charge in [-0.05, 0) is 75.0 Å². The van der Waals surface area contributed by atoms with Crippen molar-refractivity contribution in [2.24, 2.45) is 0 Å². The van der Waals surface area contributed by atoms with Gasteiger partial charge in [-0.2, -0.15) is 0 Å². The zero-order valence-electron chi connectivity index (χ0n) is 22.8. The number of anilines is 1. The Hall–Kier alpha value is -3.83. The molecule has 1 aliphatic rings. The van der Waals surface area contributed by atoms with Crippen LogP contribution in [0.4, 0.5) is 14.5 Å². The van der Waals surface area contributed by atoms with E-state index in [1.54, 1.807) is 19.9 Å². The van der Waals surface area contributed by atoms with E-state index < -0.39 is 33.1 Å². The molecule has 40 heavy (non-hydrogen) atoms. The second-order valence-corrected chi connectivity index (χ2v) is 11.7. The summed E-state index contributed by atoms with van der Waals surface area (Å²) in [4.78, 5) is 31.0. The lowest BCUT2D eigenvalue weighted by atomic mass is 10.0. The number of benzene rings is 2. The van der Waals surface area contributed by atoms with Crippen LogP contribution >= 0.6 is 0 Å². The maximum atomic E-state index is 14.1. The molecular weight excluding hydrogens is 538 g/mol. The fraction of sp³-hybridized carbons (Fsp3) is 0.310.